The predicted molar refractivity (Wildman–Crippen MR) is 43.7 cm³/mol. The molecule has 1 atom stereocenters. The quantitative estimate of drug-likeness (QED) is 0.514. The first kappa shape index (κ1) is 5.96. The largest absolute Gasteiger partial charge is 0.0801 e. The van der Waals surface area contributed by atoms with E-state index >= 15 is 0 Å². The summed E-state index contributed by atoms with van der Waals surface area (Å²) in [6.45, 7) is 2.29. The first-order chi connectivity index (χ1) is 4.86. The van der Waals surface area contributed by atoms with Gasteiger partial charge >= 0.3 is 0 Å². The van der Waals surface area contributed by atoms with Crippen LogP contribution in [-0.2, 0) is 0 Å². The van der Waals surface area contributed by atoms with Crippen molar-refractivity contribution in [3.63, 3.8) is 0 Å². The monoisotopic (exact) mass is 132 g/mol. The molecule has 0 aromatic carbocycles. The fourth-order valence-corrected chi connectivity index (χ4v) is 1.30. The lowest BCUT2D eigenvalue weighted by Gasteiger charge is -1.87. The Morgan fingerprint density at radius 3 is 2.90 bits per heavy atom. The van der Waals surface area contributed by atoms with Gasteiger partial charge in [-0.25, -0.2) is 0 Å². The lowest BCUT2D eigenvalue weighted by molar-refractivity contribution is 1.02. The SMILES string of the molecule is C[C@@H]1C/C1=C/C1=CC=CC1. The summed E-state index contributed by atoms with van der Waals surface area (Å²) in [5, 5.41) is 0. The van der Waals surface area contributed by atoms with Gasteiger partial charge in [-0.15, -0.1) is 0 Å². The number of allylic oxidation sites excluding steroid dienone is 6. The van der Waals surface area contributed by atoms with Crippen molar-refractivity contribution in [2.45, 2.75) is 19.8 Å². The highest BCUT2D eigenvalue weighted by molar-refractivity contribution is 5.38. The zero-order chi connectivity index (χ0) is 6.97. The molecule has 0 aliphatic heterocycles. The van der Waals surface area contributed by atoms with Crippen LogP contribution in [0, 0.1) is 5.92 Å². The van der Waals surface area contributed by atoms with Crippen LogP contribution in [-0.4, -0.2) is 0 Å². The Bertz CT molecular complexity index is 228. The van der Waals surface area contributed by atoms with Crippen molar-refractivity contribution < 1.29 is 0 Å². The summed E-state index contributed by atoms with van der Waals surface area (Å²) in [7, 11) is 0. The third kappa shape index (κ3) is 1.06. The van der Waals surface area contributed by atoms with E-state index in [-0.39, 0.29) is 0 Å². The summed E-state index contributed by atoms with van der Waals surface area (Å²) in [6, 6.07) is 0. The summed E-state index contributed by atoms with van der Waals surface area (Å²) in [5.41, 5.74) is 3.12. The van der Waals surface area contributed by atoms with Gasteiger partial charge in [0.05, 0.1) is 0 Å². The minimum absolute atomic E-state index is 0.876. The van der Waals surface area contributed by atoms with E-state index in [1.807, 2.05) is 0 Å². The minimum Gasteiger partial charge on any atom is -0.0801 e. The van der Waals surface area contributed by atoms with E-state index in [4.69, 9.17) is 0 Å². The Kier molecular flexibility index (Phi) is 1.26. The maximum Gasteiger partial charge on any atom is -0.00943 e. The van der Waals surface area contributed by atoms with E-state index in [0.29, 0.717) is 0 Å². The van der Waals surface area contributed by atoms with Gasteiger partial charge in [-0.3, -0.25) is 0 Å². The van der Waals surface area contributed by atoms with E-state index in [9.17, 15) is 0 Å². The normalized spacial score (nSPS) is 33.1. The molecule has 10 heavy (non-hydrogen) atoms. The van der Waals surface area contributed by atoms with Gasteiger partial charge in [-0.1, -0.05) is 36.8 Å². The molecular formula is C10H12. The fraction of sp³-hybridized carbons (Fsp3) is 0.400. The van der Waals surface area contributed by atoms with Crippen molar-refractivity contribution in [2.24, 2.45) is 5.92 Å². The van der Waals surface area contributed by atoms with Crippen LogP contribution in [0.1, 0.15) is 19.8 Å². The van der Waals surface area contributed by atoms with Crippen molar-refractivity contribution in [1.29, 1.82) is 0 Å². The molecule has 0 spiro atoms. The number of hydrogen-bond donors (Lipinski definition) is 0. The highest BCUT2D eigenvalue weighted by atomic mass is 14.3. The Labute approximate surface area is 61.9 Å². The molecule has 0 saturated heterocycles. The van der Waals surface area contributed by atoms with Gasteiger partial charge in [0.2, 0.25) is 0 Å². The lowest BCUT2D eigenvalue weighted by Crippen LogP contribution is -1.68. The average molecular weight is 132 g/mol. The average Bonchev–Trinajstić information content (AvgIpc) is 2.48. The molecule has 0 N–H and O–H groups in total. The van der Waals surface area contributed by atoms with Gasteiger partial charge in [-0.2, -0.15) is 0 Å². The second-order valence-corrected chi connectivity index (χ2v) is 3.20. The van der Waals surface area contributed by atoms with Crippen LogP contribution in [0.4, 0.5) is 0 Å². The summed E-state index contributed by atoms with van der Waals surface area (Å²) >= 11 is 0. The van der Waals surface area contributed by atoms with E-state index in [1.165, 1.54) is 12.0 Å². The van der Waals surface area contributed by atoms with Crippen LogP contribution in [0.3, 0.4) is 0 Å². The van der Waals surface area contributed by atoms with Crippen LogP contribution >= 0.6 is 0 Å². The topological polar surface area (TPSA) is 0 Å². The van der Waals surface area contributed by atoms with E-state index in [1.54, 1.807) is 5.57 Å². The number of rotatable bonds is 1. The van der Waals surface area contributed by atoms with Crippen LogP contribution in [0.5, 0.6) is 0 Å². The first-order valence-corrected chi connectivity index (χ1v) is 3.92. The Morgan fingerprint density at radius 1 is 1.60 bits per heavy atom. The van der Waals surface area contributed by atoms with Crippen LogP contribution < -0.4 is 0 Å². The Morgan fingerprint density at radius 2 is 2.40 bits per heavy atom. The fourth-order valence-electron chi connectivity index (χ4n) is 1.30. The van der Waals surface area contributed by atoms with Crippen LogP contribution in [0.15, 0.2) is 35.5 Å². The van der Waals surface area contributed by atoms with Gasteiger partial charge in [0.1, 0.15) is 0 Å². The van der Waals surface area contributed by atoms with Gasteiger partial charge in [0.15, 0.2) is 0 Å². The molecule has 2 rings (SSSR count). The second kappa shape index (κ2) is 2.12. The van der Waals surface area contributed by atoms with Gasteiger partial charge < -0.3 is 0 Å². The predicted octanol–water partition coefficient (Wildman–Crippen LogP) is 2.84. The second-order valence-electron chi connectivity index (χ2n) is 3.20. The molecule has 1 saturated carbocycles. The zero-order valence-electron chi connectivity index (χ0n) is 6.30. The van der Waals surface area contributed by atoms with Crippen molar-refractivity contribution in [3.8, 4) is 0 Å². The van der Waals surface area contributed by atoms with Crippen LogP contribution in [0.2, 0.25) is 0 Å². The number of hydrogen-bond acceptors (Lipinski definition) is 0. The summed E-state index contributed by atoms with van der Waals surface area (Å²) in [6.07, 6.45) is 11.4. The van der Waals surface area contributed by atoms with Crippen LogP contribution in [0.25, 0.3) is 0 Å². The zero-order valence-corrected chi connectivity index (χ0v) is 6.30. The molecule has 0 heterocycles. The van der Waals surface area contributed by atoms with Crippen molar-refractivity contribution in [1.82, 2.24) is 0 Å². The van der Waals surface area contributed by atoms with Gasteiger partial charge in [-0.05, 0) is 24.3 Å². The van der Waals surface area contributed by atoms with Gasteiger partial charge in [0.25, 0.3) is 0 Å². The highest BCUT2D eigenvalue weighted by Crippen LogP contribution is 2.38. The van der Waals surface area contributed by atoms with Crippen molar-refractivity contribution in [2.75, 3.05) is 0 Å². The molecule has 0 aromatic rings. The summed E-state index contributed by atoms with van der Waals surface area (Å²) < 4.78 is 0. The standard InChI is InChI=1S/C10H12/c1-8-6-10(8)7-9-4-2-3-5-9/h2-4,7-8H,5-6H2,1H3/b10-7-/t8-/m1/s1. The summed E-state index contributed by atoms with van der Waals surface area (Å²) in [4.78, 5) is 0. The third-order valence-corrected chi connectivity index (χ3v) is 2.19. The molecule has 2 aliphatic carbocycles. The minimum atomic E-state index is 0.876. The molecule has 52 valence electrons. The Hall–Kier alpha value is -0.780. The molecule has 0 nitrogen and oxygen atoms in total. The van der Waals surface area contributed by atoms with Crippen molar-refractivity contribution in [3.05, 3.63) is 35.5 Å². The van der Waals surface area contributed by atoms with Gasteiger partial charge in [0, 0.05) is 0 Å². The van der Waals surface area contributed by atoms with E-state index in [2.05, 4.69) is 31.2 Å². The third-order valence-electron chi connectivity index (χ3n) is 2.19. The van der Waals surface area contributed by atoms with E-state index in [0.717, 1.165) is 12.3 Å². The molecule has 0 amide bonds. The smallest absolute Gasteiger partial charge is 0.00943 e. The lowest BCUT2D eigenvalue weighted by atomic mass is 10.2. The molecule has 0 radical (unpaired) electrons. The molecule has 0 heteroatoms. The molecule has 2 aliphatic rings. The van der Waals surface area contributed by atoms with E-state index < -0.39 is 0 Å². The molecule has 1 fully saturated rings. The molecule has 0 aromatic heterocycles. The van der Waals surface area contributed by atoms with Crippen molar-refractivity contribution >= 4 is 0 Å². The molecular weight excluding hydrogens is 120 g/mol. The molecule has 0 unspecified atom stereocenters. The molecule has 0 bridgehead atoms. The first-order valence-electron chi connectivity index (χ1n) is 3.92. The summed E-state index contributed by atoms with van der Waals surface area (Å²) in [5.74, 6) is 0.876. The highest BCUT2D eigenvalue weighted by Gasteiger charge is 2.23. The maximum atomic E-state index is 2.35. The Balaban J connectivity index is 2.04. The maximum absolute atomic E-state index is 2.35.